The Kier molecular flexibility index (Phi) is 5.61. The maximum absolute atomic E-state index is 12.3. The lowest BCUT2D eigenvalue weighted by Gasteiger charge is -2.36. The third-order valence-electron chi connectivity index (χ3n) is 4.66. The van der Waals surface area contributed by atoms with E-state index in [-0.39, 0.29) is 5.91 Å². The van der Waals surface area contributed by atoms with Gasteiger partial charge in [-0.25, -0.2) is 0 Å². The van der Waals surface area contributed by atoms with E-state index in [1.807, 2.05) is 19.1 Å². The SMILES string of the molecule is Cc1cc(Cl)ccc1NC(=O)CN1CCN(c2ccccc2C)CC1. The largest absolute Gasteiger partial charge is 0.369 e. The molecule has 0 radical (unpaired) electrons. The summed E-state index contributed by atoms with van der Waals surface area (Å²) in [7, 11) is 0. The fourth-order valence-corrected chi connectivity index (χ4v) is 3.45. The van der Waals surface area contributed by atoms with Crippen molar-refractivity contribution in [3.05, 3.63) is 58.6 Å². The summed E-state index contributed by atoms with van der Waals surface area (Å²) in [6.07, 6.45) is 0. The number of carbonyl (C=O) groups is 1. The Hall–Kier alpha value is -2.04. The fraction of sp³-hybridized carbons (Fsp3) is 0.350. The van der Waals surface area contributed by atoms with Crippen LogP contribution in [0.2, 0.25) is 5.02 Å². The second-order valence-corrected chi connectivity index (χ2v) is 6.99. The number of hydrogen-bond donors (Lipinski definition) is 1. The highest BCUT2D eigenvalue weighted by Crippen LogP contribution is 2.21. The average Bonchev–Trinajstić information content (AvgIpc) is 2.59. The molecule has 3 rings (SSSR count). The van der Waals surface area contributed by atoms with Crippen LogP contribution in [-0.4, -0.2) is 43.5 Å². The Labute approximate surface area is 154 Å². The van der Waals surface area contributed by atoms with Gasteiger partial charge in [0, 0.05) is 42.6 Å². The van der Waals surface area contributed by atoms with Crippen LogP contribution in [0.15, 0.2) is 42.5 Å². The van der Waals surface area contributed by atoms with Gasteiger partial charge >= 0.3 is 0 Å². The Morgan fingerprint density at radius 1 is 1.04 bits per heavy atom. The third-order valence-corrected chi connectivity index (χ3v) is 4.89. The van der Waals surface area contributed by atoms with Gasteiger partial charge in [-0.1, -0.05) is 29.8 Å². The van der Waals surface area contributed by atoms with Crippen molar-refractivity contribution in [1.82, 2.24) is 4.90 Å². The van der Waals surface area contributed by atoms with Crippen molar-refractivity contribution in [1.29, 1.82) is 0 Å². The smallest absolute Gasteiger partial charge is 0.238 e. The van der Waals surface area contributed by atoms with Gasteiger partial charge in [-0.2, -0.15) is 0 Å². The van der Waals surface area contributed by atoms with Crippen LogP contribution in [0.1, 0.15) is 11.1 Å². The summed E-state index contributed by atoms with van der Waals surface area (Å²) in [5.74, 6) is 0.0229. The molecule has 0 bridgehead atoms. The molecule has 1 N–H and O–H groups in total. The standard InChI is InChI=1S/C20H24ClN3O/c1-15-5-3-4-6-19(15)24-11-9-23(10-12-24)14-20(25)22-18-8-7-17(21)13-16(18)2/h3-8,13H,9-12,14H2,1-2H3,(H,22,25). The number of rotatable bonds is 4. The summed E-state index contributed by atoms with van der Waals surface area (Å²) >= 11 is 5.96. The summed E-state index contributed by atoms with van der Waals surface area (Å²) in [5.41, 5.74) is 4.40. The predicted octanol–water partition coefficient (Wildman–Crippen LogP) is 3.72. The summed E-state index contributed by atoms with van der Waals surface area (Å²) in [5, 5.41) is 3.67. The zero-order chi connectivity index (χ0) is 17.8. The third kappa shape index (κ3) is 4.53. The van der Waals surface area contributed by atoms with Crippen molar-refractivity contribution in [2.24, 2.45) is 0 Å². The highest BCUT2D eigenvalue weighted by molar-refractivity contribution is 6.30. The van der Waals surface area contributed by atoms with Crippen molar-refractivity contribution in [2.75, 3.05) is 42.9 Å². The molecular weight excluding hydrogens is 334 g/mol. The van der Waals surface area contributed by atoms with Gasteiger partial charge in [0.05, 0.1) is 6.54 Å². The first-order chi connectivity index (χ1) is 12.0. The summed E-state index contributed by atoms with van der Waals surface area (Å²) < 4.78 is 0. The number of nitrogens with one attached hydrogen (secondary N) is 1. The molecule has 1 saturated heterocycles. The number of carbonyl (C=O) groups excluding carboxylic acids is 1. The molecule has 132 valence electrons. The normalized spacial score (nSPS) is 15.2. The lowest BCUT2D eigenvalue weighted by atomic mass is 10.1. The van der Waals surface area contributed by atoms with E-state index < -0.39 is 0 Å². The molecule has 0 spiro atoms. The van der Waals surface area contributed by atoms with Crippen molar-refractivity contribution in [3.63, 3.8) is 0 Å². The summed E-state index contributed by atoms with van der Waals surface area (Å²) in [6, 6.07) is 14.0. The van der Waals surface area contributed by atoms with Gasteiger partial charge in [0.25, 0.3) is 0 Å². The zero-order valence-corrected chi connectivity index (χ0v) is 15.5. The number of hydrogen-bond acceptors (Lipinski definition) is 3. The van der Waals surface area contributed by atoms with Gasteiger partial charge in [0.2, 0.25) is 5.91 Å². The van der Waals surface area contributed by atoms with Gasteiger partial charge < -0.3 is 10.2 Å². The van der Waals surface area contributed by atoms with Gasteiger partial charge in [0.15, 0.2) is 0 Å². The predicted molar refractivity (Wildman–Crippen MR) is 105 cm³/mol. The molecule has 0 aliphatic carbocycles. The molecule has 0 saturated carbocycles. The Morgan fingerprint density at radius 2 is 1.76 bits per heavy atom. The van der Waals surface area contributed by atoms with Crippen LogP contribution in [0.25, 0.3) is 0 Å². The molecule has 5 heteroatoms. The molecule has 2 aromatic rings. The second-order valence-electron chi connectivity index (χ2n) is 6.56. The Morgan fingerprint density at radius 3 is 2.44 bits per heavy atom. The van der Waals surface area contributed by atoms with E-state index in [0.29, 0.717) is 11.6 Å². The Bertz CT molecular complexity index is 754. The van der Waals surface area contributed by atoms with Crippen LogP contribution in [0.4, 0.5) is 11.4 Å². The summed E-state index contributed by atoms with van der Waals surface area (Å²) in [6.45, 7) is 8.18. The molecule has 2 aromatic carbocycles. The minimum absolute atomic E-state index is 0.0229. The first-order valence-electron chi connectivity index (χ1n) is 8.62. The van der Waals surface area contributed by atoms with E-state index in [1.54, 1.807) is 6.07 Å². The molecule has 1 amide bonds. The number of nitrogens with zero attached hydrogens (tertiary/aromatic N) is 2. The van der Waals surface area contributed by atoms with Gasteiger partial charge in [-0.3, -0.25) is 9.69 Å². The number of aryl methyl sites for hydroxylation is 2. The molecule has 0 aromatic heterocycles. The number of piperazine rings is 1. The van der Waals surface area contributed by atoms with E-state index in [2.05, 4.69) is 46.3 Å². The van der Waals surface area contributed by atoms with E-state index >= 15 is 0 Å². The van der Waals surface area contributed by atoms with Crippen LogP contribution >= 0.6 is 11.6 Å². The minimum Gasteiger partial charge on any atom is -0.369 e. The van der Waals surface area contributed by atoms with Crippen molar-refractivity contribution >= 4 is 28.9 Å². The van der Waals surface area contributed by atoms with Crippen LogP contribution in [0.3, 0.4) is 0 Å². The van der Waals surface area contributed by atoms with Gasteiger partial charge in [-0.15, -0.1) is 0 Å². The Balaban J connectivity index is 1.52. The maximum atomic E-state index is 12.3. The number of anilines is 2. The van der Waals surface area contributed by atoms with E-state index in [4.69, 9.17) is 11.6 Å². The molecule has 4 nitrogen and oxygen atoms in total. The topological polar surface area (TPSA) is 35.6 Å². The number of amides is 1. The monoisotopic (exact) mass is 357 g/mol. The lowest BCUT2D eigenvalue weighted by Crippen LogP contribution is -2.48. The number of para-hydroxylation sites is 1. The molecule has 1 heterocycles. The molecule has 25 heavy (non-hydrogen) atoms. The molecule has 1 fully saturated rings. The summed E-state index contributed by atoms with van der Waals surface area (Å²) in [4.78, 5) is 16.9. The number of halogens is 1. The maximum Gasteiger partial charge on any atom is 0.238 e. The molecule has 0 unspecified atom stereocenters. The quantitative estimate of drug-likeness (QED) is 0.905. The highest BCUT2D eigenvalue weighted by Gasteiger charge is 2.20. The first kappa shape index (κ1) is 17.8. The van der Waals surface area contributed by atoms with Crippen molar-refractivity contribution in [2.45, 2.75) is 13.8 Å². The van der Waals surface area contributed by atoms with E-state index in [9.17, 15) is 4.79 Å². The fourth-order valence-electron chi connectivity index (χ4n) is 3.23. The van der Waals surface area contributed by atoms with E-state index in [1.165, 1.54) is 11.3 Å². The van der Waals surface area contributed by atoms with Gasteiger partial charge in [0.1, 0.15) is 0 Å². The van der Waals surface area contributed by atoms with Gasteiger partial charge in [-0.05, 0) is 49.2 Å². The van der Waals surface area contributed by atoms with Crippen LogP contribution in [0, 0.1) is 13.8 Å². The molecule has 1 aliphatic heterocycles. The van der Waals surface area contributed by atoms with Crippen molar-refractivity contribution in [3.8, 4) is 0 Å². The number of benzene rings is 2. The lowest BCUT2D eigenvalue weighted by molar-refractivity contribution is -0.117. The van der Waals surface area contributed by atoms with E-state index in [0.717, 1.165) is 37.4 Å². The zero-order valence-electron chi connectivity index (χ0n) is 14.8. The highest BCUT2D eigenvalue weighted by atomic mass is 35.5. The molecule has 1 aliphatic rings. The molecule has 0 atom stereocenters. The average molecular weight is 358 g/mol. The van der Waals surface area contributed by atoms with Crippen LogP contribution < -0.4 is 10.2 Å². The minimum atomic E-state index is 0.0229. The second kappa shape index (κ2) is 7.89. The van der Waals surface area contributed by atoms with Crippen LogP contribution in [-0.2, 0) is 4.79 Å². The van der Waals surface area contributed by atoms with Crippen LogP contribution in [0.5, 0.6) is 0 Å². The first-order valence-corrected chi connectivity index (χ1v) is 8.99. The van der Waals surface area contributed by atoms with Crippen molar-refractivity contribution < 1.29 is 4.79 Å². The molecular formula is C20H24ClN3O.